The molecule has 2 atom stereocenters. The molecule has 0 aliphatic heterocycles. The number of hydrogen-bond donors (Lipinski definition) is 1. The number of benzene rings is 2. The van der Waals surface area contributed by atoms with Crippen molar-refractivity contribution in [1.82, 2.24) is 0 Å². The van der Waals surface area contributed by atoms with Crippen molar-refractivity contribution in [1.29, 1.82) is 0 Å². The summed E-state index contributed by atoms with van der Waals surface area (Å²) in [6.07, 6.45) is 0.639. The molecular weight excluding hydrogens is 279 g/mol. The van der Waals surface area contributed by atoms with Gasteiger partial charge in [-0.05, 0) is 42.2 Å². The van der Waals surface area contributed by atoms with Crippen LogP contribution in [-0.4, -0.2) is 5.91 Å². The topological polar surface area (TPSA) is 29.1 Å². The van der Waals surface area contributed by atoms with Gasteiger partial charge in [0.25, 0.3) is 0 Å². The normalized spacial score (nSPS) is 20.1. The summed E-state index contributed by atoms with van der Waals surface area (Å²) in [5, 5.41) is 2.46. The van der Waals surface area contributed by atoms with Crippen LogP contribution in [0.3, 0.4) is 0 Å². The minimum absolute atomic E-state index is 0.0223. The van der Waals surface area contributed by atoms with Gasteiger partial charge in [-0.2, -0.15) is 0 Å². The van der Waals surface area contributed by atoms with Crippen LogP contribution in [0.5, 0.6) is 0 Å². The Morgan fingerprint density at radius 3 is 2.33 bits per heavy atom. The monoisotopic (exact) mass is 291 g/mol. The number of rotatable bonds is 3. The van der Waals surface area contributed by atoms with Gasteiger partial charge in [-0.3, -0.25) is 4.79 Å². The van der Waals surface area contributed by atoms with E-state index in [9.17, 15) is 18.0 Å². The SMILES string of the molecule is O=C(Nc1ccc(F)cc1F)C1CC1c1ccc(F)cc1. The number of carbonyl (C=O) groups is 1. The maximum atomic E-state index is 13.5. The molecule has 2 aromatic rings. The van der Waals surface area contributed by atoms with Crippen LogP contribution in [0.25, 0.3) is 0 Å². The number of carbonyl (C=O) groups excluding carboxylic acids is 1. The largest absolute Gasteiger partial charge is 0.323 e. The minimum Gasteiger partial charge on any atom is -0.323 e. The van der Waals surface area contributed by atoms with Crippen molar-refractivity contribution in [3.8, 4) is 0 Å². The Morgan fingerprint density at radius 1 is 1.00 bits per heavy atom. The van der Waals surface area contributed by atoms with Crippen LogP contribution in [0, 0.1) is 23.4 Å². The molecule has 21 heavy (non-hydrogen) atoms. The summed E-state index contributed by atoms with van der Waals surface area (Å²) < 4.78 is 39.1. The summed E-state index contributed by atoms with van der Waals surface area (Å²) in [6, 6.07) is 8.99. The third-order valence-electron chi connectivity index (χ3n) is 3.61. The highest BCUT2D eigenvalue weighted by Crippen LogP contribution is 2.48. The number of amides is 1. The maximum Gasteiger partial charge on any atom is 0.228 e. The van der Waals surface area contributed by atoms with Crippen molar-refractivity contribution >= 4 is 11.6 Å². The molecule has 0 saturated heterocycles. The molecule has 0 radical (unpaired) electrons. The van der Waals surface area contributed by atoms with Crippen LogP contribution in [0.15, 0.2) is 42.5 Å². The van der Waals surface area contributed by atoms with Gasteiger partial charge >= 0.3 is 0 Å². The molecule has 1 N–H and O–H groups in total. The first kappa shape index (κ1) is 13.7. The molecule has 2 unspecified atom stereocenters. The average Bonchev–Trinajstić information content (AvgIpc) is 3.23. The van der Waals surface area contributed by atoms with E-state index >= 15 is 0 Å². The average molecular weight is 291 g/mol. The summed E-state index contributed by atoms with van der Waals surface area (Å²) in [6.45, 7) is 0. The highest BCUT2D eigenvalue weighted by Gasteiger charge is 2.44. The lowest BCUT2D eigenvalue weighted by Crippen LogP contribution is -2.15. The van der Waals surface area contributed by atoms with E-state index in [4.69, 9.17) is 0 Å². The van der Waals surface area contributed by atoms with Crippen molar-refractivity contribution in [2.24, 2.45) is 5.92 Å². The van der Waals surface area contributed by atoms with Crippen molar-refractivity contribution < 1.29 is 18.0 Å². The van der Waals surface area contributed by atoms with E-state index in [-0.39, 0.29) is 29.2 Å². The second-order valence-electron chi connectivity index (χ2n) is 5.11. The Kier molecular flexibility index (Phi) is 3.41. The maximum absolute atomic E-state index is 13.5. The predicted molar refractivity (Wildman–Crippen MR) is 72.2 cm³/mol. The van der Waals surface area contributed by atoms with Gasteiger partial charge in [0.15, 0.2) is 0 Å². The van der Waals surface area contributed by atoms with E-state index in [0.29, 0.717) is 6.42 Å². The quantitative estimate of drug-likeness (QED) is 0.914. The van der Waals surface area contributed by atoms with Crippen molar-refractivity contribution in [2.75, 3.05) is 5.32 Å². The molecule has 1 aliphatic rings. The second-order valence-corrected chi connectivity index (χ2v) is 5.11. The molecule has 0 bridgehead atoms. The number of nitrogens with one attached hydrogen (secondary N) is 1. The Labute approximate surface area is 119 Å². The minimum atomic E-state index is -0.803. The van der Waals surface area contributed by atoms with Crippen molar-refractivity contribution in [2.45, 2.75) is 12.3 Å². The first-order chi connectivity index (χ1) is 10.0. The van der Waals surface area contributed by atoms with Crippen molar-refractivity contribution in [3.63, 3.8) is 0 Å². The number of hydrogen-bond acceptors (Lipinski definition) is 1. The lowest BCUT2D eigenvalue weighted by atomic mass is 10.1. The fourth-order valence-electron chi connectivity index (χ4n) is 2.38. The zero-order valence-corrected chi connectivity index (χ0v) is 10.9. The van der Waals surface area contributed by atoms with Crippen LogP contribution in [0.1, 0.15) is 17.9 Å². The second kappa shape index (κ2) is 5.24. The Balaban J connectivity index is 1.66. The Bertz CT molecular complexity index is 684. The van der Waals surface area contributed by atoms with Gasteiger partial charge in [0.2, 0.25) is 5.91 Å². The van der Waals surface area contributed by atoms with Gasteiger partial charge in [0.05, 0.1) is 5.69 Å². The molecule has 0 heterocycles. The van der Waals surface area contributed by atoms with Gasteiger partial charge in [0.1, 0.15) is 17.5 Å². The Hall–Kier alpha value is -2.30. The molecule has 2 aromatic carbocycles. The van der Waals surface area contributed by atoms with E-state index < -0.39 is 11.6 Å². The fraction of sp³-hybridized carbons (Fsp3) is 0.188. The van der Waals surface area contributed by atoms with Gasteiger partial charge in [-0.1, -0.05) is 12.1 Å². The highest BCUT2D eigenvalue weighted by molar-refractivity contribution is 5.95. The lowest BCUT2D eigenvalue weighted by molar-refractivity contribution is -0.117. The van der Waals surface area contributed by atoms with Crippen molar-refractivity contribution in [3.05, 3.63) is 65.5 Å². The summed E-state index contributed by atoms with van der Waals surface area (Å²) in [5.74, 6) is -2.37. The van der Waals surface area contributed by atoms with E-state index in [1.54, 1.807) is 12.1 Å². The van der Waals surface area contributed by atoms with Gasteiger partial charge in [-0.25, -0.2) is 13.2 Å². The van der Waals surface area contributed by atoms with E-state index in [0.717, 1.165) is 17.7 Å². The standard InChI is InChI=1S/C16H12F3NO/c17-10-3-1-9(2-4-10)12-8-13(12)16(21)20-15-6-5-11(18)7-14(15)19/h1-7,12-13H,8H2,(H,20,21). The fourth-order valence-corrected chi connectivity index (χ4v) is 2.38. The molecule has 1 amide bonds. The zero-order chi connectivity index (χ0) is 15.0. The first-order valence-electron chi connectivity index (χ1n) is 6.56. The summed E-state index contributed by atoms with van der Waals surface area (Å²) in [5.41, 5.74) is 0.849. The van der Waals surface area contributed by atoms with Gasteiger partial charge in [0, 0.05) is 12.0 Å². The first-order valence-corrected chi connectivity index (χ1v) is 6.56. The molecule has 0 spiro atoms. The van der Waals surface area contributed by atoms with Gasteiger partial charge in [-0.15, -0.1) is 0 Å². The Morgan fingerprint density at radius 2 is 1.67 bits per heavy atom. The molecule has 1 saturated carbocycles. The molecule has 3 rings (SSSR count). The third kappa shape index (κ3) is 2.91. The molecule has 108 valence electrons. The van der Waals surface area contributed by atoms with E-state index in [2.05, 4.69) is 5.32 Å². The molecule has 2 nitrogen and oxygen atoms in total. The van der Waals surface area contributed by atoms with E-state index in [1.807, 2.05) is 0 Å². The molecule has 5 heteroatoms. The summed E-state index contributed by atoms with van der Waals surface area (Å²) in [4.78, 5) is 12.0. The van der Waals surface area contributed by atoms with Gasteiger partial charge < -0.3 is 5.32 Å². The van der Waals surface area contributed by atoms with Crippen LogP contribution >= 0.6 is 0 Å². The lowest BCUT2D eigenvalue weighted by Gasteiger charge is -2.06. The summed E-state index contributed by atoms with van der Waals surface area (Å²) >= 11 is 0. The smallest absolute Gasteiger partial charge is 0.228 e. The summed E-state index contributed by atoms with van der Waals surface area (Å²) in [7, 11) is 0. The van der Waals surface area contributed by atoms with Crippen LogP contribution in [-0.2, 0) is 4.79 Å². The number of anilines is 1. The molecular formula is C16H12F3NO. The van der Waals surface area contributed by atoms with Crippen LogP contribution < -0.4 is 5.32 Å². The highest BCUT2D eigenvalue weighted by atomic mass is 19.1. The molecule has 1 aliphatic carbocycles. The third-order valence-corrected chi connectivity index (χ3v) is 3.61. The van der Waals surface area contributed by atoms with E-state index in [1.165, 1.54) is 18.2 Å². The molecule has 0 aromatic heterocycles. The van der Waals surface area contributed by atoms with Crippen LogP contribution in [0.4, 0.5) is 18.9 Å². The predicted octanol–water partition coefficient (Wildman–Crippen LogP) is 3.85. The van der Waals surface area contributed by atoms with Crippen LogP contribution in [0.2, 0.25) is 0 Å². The number of halogens is 3. The zero-order valence-electron chi connectivity index (χ0n) is 10.9. The molecule has 1 fully saturated rings.